The van der Waals surface area contributed by atoms with E-state index in [2.05, 4.69) is 39.0 Å². The molecule has 4 nitrogen and oxygen atoms in total. The SMILES string of the molecule is OCC[C@H]1CN(Cc2cccc3cnccc23)CCN1C1CCCCC1. The lowest BCUT2D eigenvalue weighted by atomic mass is 9.91. The molecule has 1 aliphatic carbocycles. The fraction of sp³-hybridized carbons (Fsp3) is 0.591. The van der Waals surface area contributed by atoms with Gasteiger partial charge >= 0.3 is 0 Å². The number of hydrogen-bond donors (Lipinski definition) is 1. The average Bonchev–Trinajstić information content (AvgIpc) is 2.69. The van der Waals surface area contributed by atoms with Gasteiger partial charge < -0.3 is 5.11 Å². The van der Waals surface area contributed by atoms with Gasteiger partial charge in [-0.25, -0.2) is 0 Å². The zero-order valence-electron chi connectivity index (χ0n) is 15.7. The van der Waals surface area contributed by atoms with E-state index in [9.17, 15) is 5.11 Å². The van der Waals surface area contributed by atoms with E-state index in [4.69, 9.17) is 0 Å². The van der Waals surface area contributed by atoms with E-state index in [-0.39, 0.29) is 0 Å². The van der Waals surface area contributed by atoms with Crippen LogP contribution < -0.4 is 0 Å². The van der Waals surface area contributed by atoms with Gasteiger partial charge in [0.05, 0.1) is 0 Å². The molecule has 0 unspecified atom stereocenters. The van der Waals surface area contributed by atoms with E-state index in [0.29, 0.717) is 12.6 Å². The van der Waals surface area contributed by atoms with E-state index in [1.807, 2.05) is 12.4 Å². The molecule has 26 heavy (non-hydrogen) atoms. The molecule has 0 spiro atoms. The van der Waals surface area contributed by atoms with Gasteiger partial charge in [0.25, 0.3) is 0 Å². The highest BCUT2D eigenvalue weighted by Crippen LogP contribution is 2.28. The highest BCUT2D eigenvalue weighted by molar-refractivity contribution is 5.84. The molecule has 0 radical (unpaired) electrons. The topological polar surface area (TPSA) is 39.6 Å². The first-order chi connectivity index (χ1) is 12.8. The fourth-order valence-electron chi connectivity index (χ4n) is 4.95. The number of pyridine rings is 1. The van der Waals surface area contributed by atoms with Crippen molar-refractivity contribution in [3.05, 3.63) is 42.2 Å². The summed E-state index contributed by atoms with van der Waals surface area (Å²) in [6.45, 7) is 4.61. The molecular weight excluding hydrogens is 322 g/mol. The third kappa shape index (κ3) is 3.93. The van der Waals surface area contributed by atoms with Crippen molar-refractivity contribution in [2.75, 3.05) is 26.2 Å². The van der Waals surface area contributed by atoms with E-state index < -0.39 is 0 Å². The summed E-state index contributed by atoms with van der Waals surface area (Å²) >= 11 is 0. The summed E-state index contributed by atoms with van der Waals surface area (Å²) in [4.78, 5) is 9.55. The van der Waals surface area contributed by atoms with Crippen LogP contribution in [0.2, 0.25) is 0 Å². The third-order valence-corrected chi connectivity index (χ3v) is 6.28. The standard InChI is InChI=1S/C22H31N3O/c26-14-10-21-17-24(12-13-25(21)20-7-2-1-3-8-20)16-19-6-4-5-18-15-23-11-9-22(18)19/h4-6,9,11,15,20-21,26H,1-3,7-8,10,12-14,16-17H2/t21-/m0/s1. The van der Waals surface area contributed by atoms with Crippen molar-refractivity contribution in [1.29, 1.82) is 0 Å². The quantitative estimate of drug-likeness (QED) is 0.894. The minimum absolute atomic E-state index is 0.293. The largest absolute Gasteiger partial charge is 0.396 e. The summed E-state index contributed by atoms with van der Waals surface area (Å²) in [5.74, 6) is 0. The molecule has 1 N–H and O–H groups in total. The van der Waals surface area contributed by atoms with Gasteiger partial charge in [0.15, 0.2) is 0 Å². The average molecular weight is 354 g/mol. The molecule has 1 atom stereocenters. The van der Waals surface area contributed by atoms with Gasteiger partial charge in [0.1, 0.15) is 0 Å². The van der Waals surface area contributed by atoms with Crippen LogP contribution in [0.3, 0.4) is 0 Å². The van der Waals surface area contributed by atoms with Gasteiger partial charge in [-0.05, 0) is 36.3 Å². The Morgan fingerprint density at radius 3 is 2.81 bits per heavy atom. The molecule has 4 heteroatoms. The summed E-state index contributed by atoms with van der Waals surface area (Å²) in [6.07, 6.45) is 11.6. The zero-order valence-corrected chi connectivity index (χ0v) is 15.7. The second kappa shape index (κ2) is 8.47. The number of aliphatic hydroxyl groups is 1. The Morgan fingerprint density at radius 1 is 1.08 bits per heavy atom. The molecule has 2 aromatic rings. The first-order valence-corrected chi connectivity index (χ1v) is 10.3. The predicted octanol–water partition coefficient (Wildman–Crippen LogP) is 3.44. The van der Waals surface area contributed by atoms with Crippen molar-refractivity contribution in [3.63, 3.8) is 0 Å². The zero-order chi connectivity index (χ0) is 17.8. The molecule has 2 aliphatic rings. The number of benzene rings is 1. The highest BCUT2D eigenvalue weighted by Gasteiger charge is 2.32. The summed E-state index contributed by atoms with van der Waals surface area (Å²) in [5, 5.41) is 12.1. The second-order valence-electron chi connectivity index (χ2n) is 7.94. The van der Waals surface area contributed by atoms with Gasteiger partial charge in [0.2, 0.25) is 0 Å². The van der Waals surface area contributed by atoms with E-state index >= 15 is 0 Å². The van der Waals surface area contributed by atoms with E-state index in [1.165, 1.54) is 48.4 Å². The van der Waals surface area contributed by atoms with Gasteiger partial charge in [-0.1, -0.05) is 37.5 Å². The maximum absolute atomic E-state index is 9.60. The normalized spacial score (nSPS) is 23.5. The van der Waals surface area contributed by atoms with E-state index in [0.717, 1.165) is 38.6 Å². The number of fused-ring (bicyclic) bond motifs is 1. The Balaban J connectivity index is 1.46. The highest BCUT2D eigenvalue weighted by atomic mass is 16.3. The van der Waals surface area contributed by atoms with Gasteiger partial charge in [-0.2, -0.15) is 0 Å². The van der Waals surface area contributed by atoms with Crippen molar-refractivity contribution in [2.45, 2.75) is 57.2 Å². The molecule has 1 saturated carbocycles. The predicted molar refractivity (Wildman–Crippen MR) is 106 cm³/mol. The molecule has 0 bridgehead atoms. The van der Waals surface area contributed by atoms with Crippen molar-refractivity contribution in [2.24, 2.45) is 0 Å². The van der Waals surface area contributed by atoms with Crippen LogP contribution in [0.5, 0.6) is 0 Å². The molecule has 0 amide bonds. The lowest BCUT2D eigenvalue weighted by molar-refractivity contribution is 0.0138. The number of piperazine rings is 1. The maximum atomic E-state index is 9.60. The van der Waals surface area contributed by atoms with Crippen LogP contribution in [0.4, 0.5) is 0 Å². The smallest absolute Gasteiger partial charge is 0.0446 e. The molecule has 1 aromatic carbocycles. The van der Waals surface area contributed by atoms with Crippen LogP contribution in [-0.4, -0.2) is 58.2 Å². The van der Waals surface area contributed by atoms with Gasteiger partial charge in [0, 0.05) is 62.6 Å². The minimum atomic E-state index is 0.293. The van der Waals surface area contributed by atoms with Crippen LogP contribution in [0, 0.1) is 0 Å². The molecule has 1 saturated heterocycles. The lowest BCUT2D eigenvalue weighted by Gasteiger charge is -2.46. The van der Waals surface area contributed by atoms with Crippen LogP contribution >= 0.6 is 0 Å². The number of hydrogen-bond acceptors (Lipinski definition) is 4. The molecule has 2 heterocycles. The fourth-order valence-corrected chi connectivity index (χ4v) is 4.95. The summed E-state index contributed by atoms with van der Waals surface area (Å²) in [7, 11) is 0. The minimum Gasteiger partial charge on any atom is -0.396 e. The molecule has 4 rings (SSSR count). The van der Waals surface area contributed by atoms with Crippen molar-refractivity contribution in [3.8, 4) is 0 Å². The number of nitrogens with zero attached hydrogens (tertiary/aromatic N) is 3. The molecule has 140 valence electrons. The first-order valence-electron chi connectivity index (χ1n) is 10.3. The van der Waals surface area contributed by atoms with Crippen molar-refractivity contribution < 1.29 is 5.11 Å². The Labute approximate surface area is 156 Å². The maximum Gasteiger partial charge on any atom is 0.0446 e. The lowest BCUT2D eigenvalue weighted by Crippen LogP contribution is -2.56. The molecule has 1 aromatic heterocycles. The Morgan fingerprint density at radius 2 is 1.96 bits per heavy atom. The monoisotopic (exact) mass is 353 g/mol. The first kappa shape index (κ1) is 17.9. The Bertz CT molecular complexity index is 708. The van der Waals surface area contributed by atoms with Crippen LogP contribution in [0.1, 0.15) is 44.1 Å². The van der Waals surface area contributed by atoms with Crippen molar-refractivity contribution >= 4 is 10.8 Å². The number of aliphatic hydroxyl groups excluding tert-OH is 1. The van der Waals surface area contributed by atoms with Gasteiger partial charge in [-0.15, -0.1) is 0 Å². The van der Waals surface area contributed by atoms with Crippen LogP contribution in [0.15, 0.2) is 36.7 Å². The molecule has 2 fully saturated rings. The summed E-state index contributed by atoms with van der Waals surface area (Å²) < 4.78 is 0. The van der Waals surface area contributed by atoms with E-state index in [1.54, 1.807) is 0 Å². The third-order valence-electron chi connectivity index (χ3n) is 6.28. The summed E-state index contributed by atoms with van der Waals surface area (Å²) in [5.41, 5.74) is 1.39. The second-order valence-corrected chi connectivity index (χ2v) is 7.94. The Kier molecular flexibility index (Phi) is 5.83. The van der Waals surface area contributed by atoms with Crippen LogP contribution in [0.25, 0.3) is 10.8 Å². The number of aromatic nitrogens is 1. The molecular formula is C22H31N3O. The molecule has 1 aliphatic heterocycles. The van der Waals surface area contributed by atoms with Crippen molar-refractivity contribution in [1.82, 2.24) is 14.8 Å². The summed E-state index contributed by atoms with van der Waals surface area (Å²) in [6, 6.07) is 9.90. The Hall–Kier alpha value is -1.49. The van der Waals surface area contributed by atoms with Crippen LogP contribution in [-0.2, 0) is 6.54 Å². The van der Waals surface area contributed by atoms with Gasteiger partial charge in [-0.3, -0.25) is 14.8 Å². The number of rotatable bonds is 5.